The summed E-state index contributed by atoms with van der Waals surface area (Å²) >= 11 is 5.46. The van der Waals surface area contributed by atoms with E-state index in [0.29, 0.717) is 4.77 Å². The number of fused-ring (bicyclic) bond motifs is 2. The molecule has 6 heteroatoms. The maximum absolute atomic E-state index is 5.46. The van der Waals surface area contributed by atoms with E-state index >= 15 is 0 Å². The van der Waals surface area contributed by atoms with Crippen molar-refractivity contribution in [2.75, 3.05) is 6.79 Å². The van der Waals surface area contributed by atoms with E-state index in [1.165, 1.54) is 0 Å². The summed E-state index contributed by atoms with van der Waals surface area (Å²) in [5.41, 5.74) is 2.96. The molecule has 22 heavy (non-hydrogen) atoms. The molecule has 0 fully saturated rings. The van der Waals surface area contributed by atoms with Gasteiger partial charge in [-0.15, -0.1) is 0 Å². The number of aromatic nitrogens is 2. The first-order chi connectivity index (χ1) is 10.7. The second-order valence-electron chi connectivity index (χ2n) is 5.00. The Bertz CT molecular complexity index is 956. The maximum atomic E-state index is 5.46. The number of ether oxygens (including phenoxy) is 2. The van der Waals surface area contributed by atoms with Crippen LogP contribution in [0.5, 0.6) is 11.5 Å². The number of rotatable bonds is 2. The zero-order valence-electron chi connectivity index (χ0n) is 11.9. The lowest BCUT2D eigenvalue weighted by Crippen LogP contribution is -1.93. The van der Waals surface area contributed by atoms with Gasteiger partial charge in [-0.2, -0.15) is 5.10 Å². The van der Waals surface area contributed by atoms with Crippen molar-refractivity contribution in [1.29, 1.82) is 0 Å². The first-order valence-electron chi connectivity index (χ1n) is 6.84. The Morgan fingerprint density at radius 2 is 1.86 bits per heavy atom. The topological polar surface area (TPSA) is 40.7 Å². The van der Waals surface area contributed by atoms with E-state index in [4.69, 9.17) is 21.7 Å². The van der Waals surface area contributed by atoms with Gasteiger partial charge in [-0.25, -0.2) is 4.68 Å². The molecule has 0 atom stereocenters. The largest absolute Gasteiger partial charge is 0.454 e. The molecule has 2 aromatic carbocycles. The molecule has 2 heterocycles. The van der Waals surface area contributed by atoms with Gasteiger partial charge in [0.1, 0.15) is 0 Å². The minimum atomic E-state index is 0.268. The van der Waals surface area contributed by atoms with Crippen molar-refractivity contribution in [3.63, 3.8) is 0 Å². The molecule has 3 aromatic rings. The Morgan fingerprint density at radius 3 is 2.73 bits per heavy atom. The molecule has 0 saturated heterocycles. The molecule has 0 spiro atoms. The van der Waals surface area contributed by atoms with Crippen molar-refractivity contribution in [3.05, 3.63) is 52.8 Å². The molecular weight excluding hydrogens is 298 g/mol. The summed E-state index contributed by atoms with van der Waals surface area (Å²) in [5, 5.41) is 4.52. The Balaban J connectivity index is 1.78. The van der Waals surface area contributed by atoms with Gasteiger partial charge in [-0.3, -0.25) is 0 Å². The third-order valence-electron chi connectivity index (χ3n) is 3.66. The molecule has 4 rings (SSSR count). The van der Waals surface area contributed by atoms with Crippen LogP contribution in [0.1, 0.15) is 5.56 Å². The van der Waals surface area contributed by atoms with E-state index in [0.717, 1.165) is 28.1 Å². The lowest BCUT2D eigenvalue weighted by Gasteiger charge is -1.98. The van der Waals surface area contributed by atoms with Gasteiger partial charge in [0.25, 0.3) is 0 Å². The molecule has 1 aliphatic heterocycles. The summed E-state index contributed by atoms with van der Waals surface area (Å²) in [7, 11) is 1.94. The molecule has 0 amide bonds. The highest BCUT2D eigenvalue weighted by atomic mass is 32.1. The highest BCUT2D eigenvalue weighted by Gasteiger charge is 2.12. The van der Waals surface area contributed by atoms with Crippen LogP contribution in [0, 0.1) is 4.77 Å². The van der Waals surface area contributed by atoms with Gasteiger partial charge in [0.05, 0.1) is 17.2 Å². The minimum absolute atomic E-state index is 0.268. The van der Waals surface area contributed by atoms with E-state index in [1.54, 1.807) is 10.9 Å². The molecule has 0 saturated carbocycles. The third kappa shape index (κ3) is 2.00. The van der Waals surface area contributed by atoms with Gasteiger partial charge in [0.2, 0.25) is 11.6 Å². The van der Waals surface area contributed by atoms with Crippen LogP contribution in [0.4, 0.5) is 0 Å². The normalized spacial score (nSPS) is 13.3. The molecule has 1 aliphatic rings. The highest BCUT2D eigenvalue weighted by molar-refractivity contribution is 7.71. The van der Waals surface area contributed by atoms with Crippen molar-refractivity contribution in [1.82, 2.24) is 9.24 Å². The van der Waals surface area contributed by atoms with Crippen LogP contribution in [0.3, 0.4) is 0 Å². The summed E-state index contributed by atoms with van der Waals surface area (Å²) in [4.78, 5) is 0. The fraction of sp³-hybridized carbons (Fsp3) is 0.125. The Kier molecular flexibility index (Phi) is 2.97. The zero-order valence-corrected chi connectivity index (χ0v) is 12.7. The van der Waals surface area contributed by atoms with Crippen LogP contribution in [0.25, 0.3) is 11.0 Å². The van der Waals surface area contributed by atoms with Crippen molar-refractivity contribution in [2.45, 2.75) is 0 Å². The molecular formula is C16H13N3O2S. The Morgan fingerprint density at radius 1 is 1.09 bits per heavy atom. The Labute approximate surface area is 132 Å². The standard InChI is InChI=1S/C16H13N3O2S/c1-18-12-4-2-3-5-13(12)19(16(18)22)17-9-11-6-7-14-15(8-11)21-10-20-14/h2-9H,10H2,1H3/b17-9-. The third-order valence-corrected chi connectivity index (χ3v) is 4.11. The molecule has 0 aliphatic carbocycles. The van der Waals surface area contributed by atoms with Gasteiger partial charge in [-0.1, -0.05) is 12.1 Å². The first kappa shape index (κ1) is 13.1. The Hall–Kier alpha value is -2.60. The lowest BCUT2D eigenvalue weighted by molar-refractivity contribution is 0.174. The van der Waals surface area contributed by atoms with Crippen LogP contribution < -0.4 is 9.47 Å². The van der Waals surface area contributed by atoms with E-state index in [2.05, 4.69) is 5.10 Å². The molecule has 110 valence electrons. The van der Waals surface area contributed by atoms with Gasteiger partial charge < -0.3 is 14.0 Å². The minimum Gasteiger partial charge on any atom is -0.454 e. The van der Waals surface area contributed by atoms with E-state index in [1.807, 2.05) is 54.1 Å². The zero-order chi connectivity index (χ0) is 15.1. The van der Waals surface area contributed by atoms with E-state index < -0.39 is 0 Å². The van der Waals surface area contributed by atoms with E-state index in [-0.39, 0.29) is 6.79 Å². The second kappa shape index (κ2) is 4.99. The van der Waals surface area contributed by atoms with Crippen LogP contribution in [-0.2, 0) is 7.05 Å². The number of hydrogen-bond acceptors (Lipinski definition) is 4. The molecule has 0 N–H and O–H groups in total. The molecule has 0 unspecified atom stereocenters. The van der Waals surface area contributed by atoms with E-state index in [9.17, 15) is 0 Å². The van der Waals surface area contributed by atoms with Gasteiger partial charge in [-0.05, 0) is 48.1 Å². The second-order valence-corrected chi connectivity index (χ2v) is 5.36. The quantitative estimate of drug-likeness (QED) is 0.538. The monoisotopic (exact) mass is 311 g/mol. The van der Waals surface area contributed by atoms with Crippen molar-refractivity contribution >= 4 is 29.5 Å². The smallest absolute Gasteiger partial charge is 0.231 e. The summed E-state index contributed by atoms with van der Waals surface area (Å²) < 4.78 is 15.0. The maximum Gasteiger partial charge on any atom is 0.231 e. The lowest BCUT2D eigenvalue weighted by atomic mass is 10.2. The molecule has 0 radical (unpaired) electrons. The average Bonchev–Trinajstić information content (AvgIpc) is 3.10. The predicted molar refractivity (Wildman–Crippen MR) is 87.3 cm³/mol. The highest BCUT2D eigenvalue weighted by Crippen LogP contribution is 2.32. The fourth-order valence-corrected chi connectivity index (χ4v) is 2.75. The van der Waals surface area contributed by atoms with Gasteiger partial charge >= 0.3 is 0 Å². The summed E-state index contributed by atoms with van der Waals surface area (Å²) in [6.45, 7) is 0.268. The van der Waals surface area contributed by atoms with Crippen LogP contribution in [0.15, 0.2) is 47.6 Å². The average molecular weight is 311 g/mol. The number of nitrogens with zero attached hydrogens (tertiary/aromatic N) is 3. The summed E-state index contributed by atoms with van der Waals surface area (Å²) in [6.07, 6.45) is 1.77. The number of imidazole rings is 1. The predicted octanol–water partition coefficient (Wildman–Crippen LogP) is 3.32. The summed E-state index contributed by atoms with van der Waals surface area (Å²) in [5.74, 6) is 1.50. The molecule has 1 aromatic heterocycles. The van der Waals surface area contributed by atoms with Gasteiger partial charge in [0, 0.05) is 7.05 Å². The summed E-state index contributed by atoms with van der Waals surface area (Å²) in [6, 6.07) is 13.7. The van der Waals surface area contributed by atoms with Crippen LogP contribution in [0.2, 0.25) is 0 Å². The van der Waals surface area contributed by atoms with Gasteiger partial charge in [0.15, 0.2) is 11.5 Å². The SMILES string of the molecule is Cn1c(=S)n(/N=C\c2ccc3c(c2)OCO3)c2ccccc21. The fourth-order valence-electron chi connectivity index (χ4n) is 2.50. The van der Waals surface area contributed by atoms with Crippen LogP contribution in [-0.4, -0.2) is 22.3 Å². The molecule has 0 bridgehead atoms. The van der Waals surface area contributed by atoms with Crippen molar-refractivity contribution in [3.8, 4) is 11.5 Å². The first-order valence-corrected chi connectivity index (χ1v) is 7.25. The number of hydrogen-bond donors (Lipinski definition) is 0. The number of aryl methyl sites for hydroxylation is 1. The van der Waals surface area contributed by atoms with Crippen molar-refractivity contribution < 1.29 is 9.47 Å². The van der Waals surface area contributed by atoms with Crippen molar-refractivity contribution in [2.24, 2.45) is 12.1 Å². The number of benzene rings is 2. The molecule has 5 nitrogen and oxygen atoms in total. The van der Waals surface area contributed by atoms with Crippen LogP contribution >= 0.6 is 12.2 Å². The number of para-hydroxylation sites is 2.